The van der Waals surface area contributed by atoms with Gasteiger partial charge < -0.3 is 5.11 Å². The maximum Gasteiger partial charge on any atom is 0.142 e. The standard InChI is InChI=1S/C15H13Cl2FO/c16-13-3-1-2-11(8-13)12(9-19)6-10-4-5-14(17)15(18)7-10/h1-5,7-8,12,19H,6,9H2. The molecule has 1 atom stereocenters. The van der Waals surface area contributed by atoms with Crippen LogP contribution in [0.4, 0.5) is 4.39 Å². The van der Waals surface area contributed by atoms with Gasteiger partial charge in [-0.1, -0.05) is 41.4 Å². The number of hydrogen-bond donors (Lipinski definition) is 1. The van der Waals surface area contributed by atoms with E-state index in [1.54, 1.807) is 12.1 Å². The van der Waals surface area contributed by atoms with Crippen molar-refractivity contribution < 1.29 is 9.50 Å². The van der Waals surface area contributed by atoms with Crippen molar-refractivity contribution in [3.8, 4) is 0 Å². The minimum absolute atomic E-state index is 0.0232. The van der Waals surface area contributed by atoms with Crippen molar-refractivity contribution in [2.24, 2.45) is 0 Å². The monoisotopic (exact) mass is 298 g/mol. The van der Waals surface area contributed by atoms with Gasteiger partial charge in [-0.3, -0.25) is 0 Å². The molecule has 0 saturated heterocycles. The molecule has 0 heterocycles. The van der Waals surface area contributed by atoms with E-state index in [1.807, 2.05) is 18.2 Å². The molecule has 0 spiro atoms. The Morgan fingerprint density at radius 1 is 1.11 bits per heavy atom. The molecule has 0 aliphatic rings. The highest BCUT2D eigenvalue weighted by Gasteiger charge is 2.13. The number of hydrogen-bond acceptors (Lipinski definition) is 1. The maximum absolute atomic E-state index is 13.4. The van der Waals surface area contributed by atoms with Gasteiger partial charge in [-0.05, 0) is 41.8 Å². The smallest absolute Gasteiger partial charge is 0.142 e. The molecule has 4 heteroatoms. The molecule has 100 valence electrons. The number of rotatable bonds is 4. The average molecular weight is 299 g/mol. The Labute approximate surface area is 121 Å². The highest BCUT2D eigenvalue weighted by Crippen LogP contribution is 2.25. The molecule has 0 saturated carbocycles. The van der Waals surface area contributed by atoms with Crippen LogP contribution in [-0.2, 0) is 6.42 Å². The lowest BCUT2D eigenvalue weighted by molar-refractivity contribution is 0.264. The molecule has 2 rings (SSSR count). The predicted octanol–water partition coefficient (Wildman–Crippen LogP) is 4.45. The summed E-state index contributed by atoms with van der Waals surface area (Å²) in [6.07, 6.45) is 0.533. The van der Waals surface area contributed by atoms with E-state index in [4.69, 9.17) is 23.2 Å². The fourth-order valence-corrected chi connectivity index (χ4v) is 2.32. The Morgan fingerprint density at radius 3 is 2.53 bits per heavy atom. The Hall–Kier alpha value is -1.09. The summed E-state index contributed by atoms with van der Waals surface area (Å²) in [4.78, 5) is 0. The first-order valence-electron chi connectivity index (χ1n) is 5.90. The van der Waals surface area contributed by atoms with Crippen LogP contribution in [-0.4, -0.2) is 11.7 Å². The maximum atomic E-state index is 13.4. The van der Waals surface area contributed by atoms with E-state index in [-0.39, 0.29) is 17.5 Å². The van der Waals surface area contributed by atoms with Crippen LogP contribution < -0.4 is 0 Å². The molecule has 19 heavy (non-hydrogen) atoms. The van der Waals surface area contributed by atoms with Gasteiger partial charge in [0.25, 0.3) is 0 Å². The van der Waals surface area contributed by atoms with Crippen LogP contribution in [0.3, 0.4) is 0 Å². The molecule has 1 nitrogen and oxygen atoms in total. The average Bonchev–Trinajstić information content (AvgIpc) is 2.40. The van der Waals surface area contributed by atoms with Crippen LogP contribution in [0.15, 0.2) is 42.5 Å². The van der Waals surface area contributed by atoms with Gasteiger partial charge in [0.1, 0.15) is 5.82 Å². The quantitative estimate of drug-likeness (QED) is 0.884. The van der Waals surface area contributed by atoms with E-state index in [2.05, 4.69) is 0 Å². The molecule has 0 aromatic heterocycles. The van der Waals surface area contributed by atoms with Crippen molar-refractivity contribution in [2.75, 3.05) is 6.61 Å². The van der Waals surface area contributed by atoms with E-state index in [0.29, 0.717) is 11.4 Å². The second-order valence-corrected chi connectivity index (χ2v) is 5.23. The molecular weight excluding hydrogens is 286 g/mol. The lowest BCUT2D eigenvalue weighted by Crippen LogP contribution is -2.08. The molecule has 1 unspecified atom stereocenters. The van der Waals surface area contributed by atoms with Gasteiger partial charge in [-0.25, -0.2) is 4.39 Å². The van der Waals surface area contributed by atoms with Gasteiger partial charge in [0, 0.05) is 10.9 Å². The second kappa shape index (κ2) is 6.38. The van der Waals surface area contributed by atoms with Crippen LogP contribution in [0, 0.1) is 5.82 Å². The van der Waals surface area contributed by atoms with Crippen molar-refractivity contribution in [3.63, 3.8) is 0 Å². The van der Waals surface area contributed by atoms with Crippen LogP contribution in [0.1, 0.15) is 17.0 Å². The molecule has 0 aliphatic heterocycles. The summed E-state index contributed by atoms with van der Waals surface area (Å²) in [6, 6.07) is 12.0. The summed E-state index contributed by atoms with van der Waals surface area (Å²) < 4.78 is 13.4. The lowest BCUT2D eigenvalue weighted by atomic mass is 9.93. The number of aliphatic hydroxyl groups excluding tert-OH is 1. The van der Waals surface area contributed by atoms with Crippen molar-refractivity contribution in [1.82, 2.24) is 0 Å². The summed E-state index contributed by atoms with van der Waals surface area (Å²) >= 11 is 11.6. The predicted molar refractivity (Wildman–Crippen MR) is 76.4 cm³/mol. The van der Waals surface area contributed by atoms with Crippen molar-refractivity contribution in [2.45, 2.75) is 12.3 Å². The summed E-state index contributed by atoms with van der Waals surface area (Å²) in [5.41, 5.74) is 1.73. The van der Waals surface area contributed by atoms with E-state index < -0.39 is 5.82 Å². The zero-order chi connectivity index (χ0) is 13.8. The fraction of sp³-hybridized carbons (Fsp3) is 0.200. The van der Waals surface area contributed by atoms with Gasteiger partial charge in [0.2, 0.25) is 0 Å². The molecule has 0 fully saturated rings. The van der Waals surface area contributed by atoms with Gasteiger partial charge in [0.15, 0.2) is 0 Å². The second-order valence-electron chi connectivity index (χ2n) is 4.39. The zero-order valence-electron chi connectivity index (χ0n) is 10.1. The van der Waals surface area contributed by atoms with Crippen molar-refractivity contribution in [3.05, 3.63) is 69.5 Å². The zero-order valence-corrected chi connectivity index (χ0v) is 11.6. The van der Waals surface area contributed by atoms with Gasteiger partial charge in [0.05, 0.1) is 11.6 Å². The first kappa shape index (κ1) is 14.3. The number of benzene rings is 2. The molecular formula is C15H13Cl2FO. The summed E-state index contributed by atoms with van der Waals surface area (Å²) in [5.74, 6) is -0.554. The summed E-state index contributed by atoms with van der Waals surface area (Å²) in [7, 11) is 0. The third kappa shape index (κ3) is 3.69. The lowest BCUT2D eigenvalue weighted by Gasteiger charge is -2.15. The van der Waals surface area contributed by atoms with Gasteiger partial charge in [-0.15, -0.1) is 0 Å². The molecule has 0 aliphatic carbocycles. The normalized spacial score (nSPS) is 12.4. The van der Waals surface area contributed by atoms with Crippen LogP contribution in [0.5, 0.6) is 0 Å². The van der Waals surface area contributed by atoms with Crippen molar-refractivity contribution >= 4 is 23.2 Å². The minimum atomic E-state index is -0.443. The highest BCUT2D eigenvalue weighted by atomic mass is 35.5. The van der Waals surface area contributed by atoms with E-state index in [9.17, 15) is 9.50 Å². The Bertz CT molecular complexity index is 572. The van der Waals surface area contributed by atoms with E-state index >= 15 is 0 Å². The summed E-state index contributed by atoms with van der Waals surface area (Å²) in [6.45, 7) is -0.0232. The molecule has 1 N–H and O–H groups in total. The highest BCUT2D eigenvalue weighted by molar-refractivity contribution is 6.31. The van der Waals surface area contributed by atoms with E-state index in [0.717, 1.165) is 11.1 Å². The third-order valence-electron chi connectivity index (χ3n) is 3.01. The van der Waals surface area contributed by atoms with E-state index in [1.165, 1.54) is 12.1 Å². The Balaban J connectivity index is 2.21. The number of halogens is 3. The molecule has 0 radical (unpaired) electrons. The van der Waals surface area contributed by atoms with Crippen molar-refractivity contribution in [1.29, 1.82) is 0 Å². The van der Waals surface area contributed by atoms with Crippen LogP contribution in [0.25, 0.3) is 0 Å². The first-order chi connectivity index (χ1) is 9.10. The first-order valence-corrected chi connectivity index (χ1v) is 6.66. The topological polar surface area (TPSA) is 20.2 Å². The molecule has 0 bridgehead atoms. The molecule has 2 aromatic carbocycles. The van der Waals surface area contributed by atoms with Crippen LogP contribution in [0.2, 0.25) is 10.0 Å². The Kier molecular flexibility index (Phi) is 4.81. The molecule has 0 amide bonds. The fourth-order valence-electron chi connectivity index (χ4n) is 2.00. The van der Waals surface area contributed by atoms with Crippen LogP contribution >= 0.6 is 23.2 Å². The molecule has 2 aromatic rings. The summed E-state index contributed by atoms with van der Waals surface area (Å²) in [5, 5.41) is 10.2. The minimum Gasteiger partial charge on any atom is -0.396 e. The third-order valence-corrected chi connectivity index (χ3v) is 3.55. The van der Waals surface area contributed by atoms with Gasteiger partial charge in [-0.2, -0.15) is 0 Å². The van der Waals surface area contributed by atoms with Gasteiger partial charge >= 0.3 is 0 Å². The largest absolute Gasteiger partial charge is 0.396 e. The SMILES string of the molecule is OCC(Cc1ccc(Cl)c(F)c1)c1cccc(Cl)c1. The number of aliphatic hydroxyl groups is 1. The Morgan fingerprint density at radius 2 is 1.89 bits per heavy atom.